The largest absolute Gasteiger partial charge is 0.489 e. The summed E-state index contributed by atoms with van der Waals surface area (Å²) in [5, 5.41) is 6.10. The molecule has 0 atom stereocenters. The standard InChI is InChI=1S/C24H23N3O3S/c1-2-29-24(28)20-13-27-23(25)21-17(15-31-22(20)21)14-30-19-10-6-9-18(11-19)26-12-16-7-4-3-5-8-16/h3-11,13,15,26H,2,12,14H2,1H3,(H2,25,27). The van der Waals surface area contributed by atoms with Crippen molar-refractivity contribution in [2.75, 3.05) is 17.7 Å². The highest BCUT2D eigenvalue weighted by atomic mass is 32.1. The third kappa shape index (κ3) is 4.78. The normalized spacial score (nSPS) is 10.7. The molecule has 158 valence electrons. The number of nitrogens with one attached hydrogen (secondary N) is 1. The van der Waals surface area contributed by atoms with Gasteiger partial charge in [0.15, 0.2) is 0 Å². The van der Waals surface area contributed by atoms with Crippen molar-refractivity contribution in [1.29, 1.82) is 0 Å². The van der Waals surface area contributed by atoms with Crippen LogP contribution in [0.15, 0.2) is 66.2 Å². The van der Waals surface area contributed by atoms with Crippen LogP contribution in [0.3, 0.4) is 0 Å². The lowest BCUT2D eigenvalue weighted by molar-refractivity contribution is 0.0528. The van der Waals surface area contributed by atoms with Crippen molar-refractivity contribution >= 4 is 38.9 Å². The Labute approximate surface area is 184 Å². The van der Waals surface area contributed by atoms with E-state index in [2.05, 4.69) is 22.4 Å². The van der Waals surface area contributed by atoms with E-state index in [9.17, 15) is 4.79 Å². The smallest absolute Gasteiger partial charge is 0.341 e. The second-order valence-corrected chi connectivity index (χ2v) is 7.78. The summed E-state index contributed by atoms with van der Waals surface area (Å²) >= 11 is 1.44. The van der Waals surface area contributed by atoms with Crippen LogP contribution in [0.1, 0.15) is 28.4 Å². The molecule has 0 unspecified atom stereocenters. The van der Waals surface area contributed by atoms with Gasteiger partial charge in [-0.3, -0.25) is 0 Å². The molecule has 2 aromatic carbocycles. The number of nitrogens with zero attached hydrogens (tertiary/aromatic N) is 1. The van der Waals surface area contributed by atoms with E-state index >= 15 is 0 Å². The van der Waals surface area contributed by atoms with Gasteiger partial charge in [0.2, 0.25) is 0 Å². The Balaban J connectivity index is 1.48. The Kier molecular flexibility index (Phi) is 6.33. The van der Waals surface area contributed by atoms with E-state index in [4.69, 9.17) is 15.2 Å². The van der Waals surface area contributed by atoms with Gasteiger partial charge in [0, 0.05) is 35.4 Å². The molecule has 0 aliphatic carbocycles. The third-order valence-electron chi connectivity index (χ3n) is 4.76. The highest BCUT2D eigenvalue weighted by molar-refractivity contribution is 7.17. The molecule has 31 heavy (non-hydrogen) atoms. The van der Waals surface area contributed by atoms with Crippen LogP contribution < -0.4 is 15.8 Å². The van der Waals surface area contributed by atoms with E-state index in [1.807, 2.05) is 47.8 Å². The van der Waals surface area contributed by atoms with E-state index in [1.54, 1.807) is 6.92 Å². The molecule has 4 aromatic rings. The fourth-order valence-electron chi connectivity index (χ4n) is 3.25. The number of thiophene rings is 1. The minimum Gasteiger partial charge on any atom is -0.489 e. The molecule has 0 saturated carbocycles. The van der Waals surface area contributed by atoms with Crippen LogP contribution in [0.5, 0.6) is 5.75 Å². The van der Waals surface area contributed by atoms with Crippen molar-refractivity contribution in [2.24, 2.45) is 0 Å². The number of carbonyl (C=O) groups excluding carboxylic acids is 1. The first-order chi connectivity index (χ1) is 15.2. The van der Waals surface area contributed by atoms with E-state index < -0.39 is 5.97 Å². The zero-order valence-electron chi connectivity index (χ0n) is 17.1. The van der Waals surface area contributed by atoms with E-state index in [1.165, 1.54) is 23.1 Å². The van der Waals surface area contributed by atoms with Crippen molar-refractivity contribution in [2.45, 2.75) is 20.1 Å². The number of benzene rings is 2. The number of fused-ring (bicyclic) bond motifs is 1. The minimum absolute atomic E-state index is 0.306. The van der Waals surface area contributed by atoms with Gasteiger partial charge in [0.05, 0.1) is 16.9 Å². The lowest BCUT2D eigenvalue weighted by atomic mass is 10.1. The predicted octanol–water partition coefficient (Wildman–Crippen LogP) is 5.25. The molecule has 6 nitrogen and oxygen atoms in total. The summed E-state index contributed by atoms with van der Waals surface area (Å²) in [5.41, 5.74) is 9.61. The summed E-state index contributed by atoms with van der Waals surface area (Å²) in [6, 6.07) is 18.0. The van der Waals surface area contributed by atoms with E-state index in [0.29, 0.717) is 24.6 Å². The van der Waals surface area contributed by atoms with Gasteiger partial charge < -0.3 is 20.5 Å². The molecule has 2 heterocycles. The van der Waals surface area contributed by atoms with Crippen molar-refractivity contribution < 1.29 is 14.3 Å². The van der Waals surface area contributed by atoms with Crippen molar-refractivity contribution in [1.82, 2.24) is 4.98 Å². The lowest BCUT2D eigenvalue weighted by Crippen LogP contribution is -2.06. The predicted molar refractivity (Wildman–Crippen MR) is 125 cm³/mol. The Morgan fingerprint density at radius 1 is 1.16 bits per heavy atom. The van der Waals surface area contributed by atoms with Gasteiger partial charge in [-0.05, 0) is 30.0 Å². The first-order valence-electron chi connectivity index (χ1n) is 9.98. The van der Waals surface area contributed by atoms with Crippen LogP contribution in [-0.4, -0.2) is 17.6 Å². The first-order valence-corrected chi connectivity index (χ1v) is 10.9. The minimum atomic E-state index is -0.397. The Bertz CT molecular complexity index is 1190. The number of pyridine rings is 1. The molecule has 2 aromatic heterocycles. The van der Waals surface area contributed by atoms with Crippen molar-refractivity contribution in [3.8, 4) is 5.75 Å². The Hall–Kier alpha value is -3.58. The molecule has 0 spiro atoms. The van der Waals surface area contributed by atoms with Crippen molar-refractivity contribution in [3.05, 3.63) is 82.9 Å². The van der Waals surface area contributed by atoms with Crippen LogP contribution >= 0.6 is 11.3 Å². The van der Waals surface area contributed by atoms with Gasteiger partial charge in [-0.2, -0.15) is 0 Å². The van der Waals surface area contributed by atoms with E-state index in [0.717, 1.165) is 33.6 Å². The number of nitrogens with two attached hydrogens (primary N) is 1. The summed E-state index contributed by atoms with van der Waals surface area (Å²) in [7, 11) is 0. The number of anilines is 2. The molecule has 0 aliphatic heterocycles. The molecule has 3 N–H and O–H groups in total. The van der Waals surface area contributed by atoms with Gasteiger partial charge in [-0.15, -0.1) is 11.3 Å². The highest BCUT2D eigenvalue weighted by Gasteiger charge is 2.18. The van der Waals surface area contributed by atoms with E-state index in [-0.39, 0.29) is 0 Å². The molecule has 0 radical (unpaired) electrons. The third-order valence-corrected chi connectivity index (χ3v) is 5.83. The zero-order valence-corrected chi connectivity index (χ0v) is 17.9. The number of ether oxygens (including phenoxy) is 2. The average Bonchev–Trinajstić information content (AvgIpc) is 3.23. The maximum atomic E-state index is 12.2. The number of aromatic nitrogens is 1. The molecule has 0 amide bonds. The fraction of sp³-hybridized carbons (Fsp3) is 0.167. The molecule has 0 fully saturated rings. The molecular formula is C24H23N3O3S. The lowest BCUT2D eigenvalue weighted by Gasteiger charge is -2.10. The zero-order chi connectivity index (χ0) is 21.6. The van der Waals surface area contributed by atoms with Crippen LogP contribution in [0.25, 0.3) is 10.1 Å². The molecule has 4 rings (SSSR count). The SMILES string of the molecule is CCOC(=O)c1cnc(N)c2c(COc3cccc(NCc4ccccc4)c3)csc12. The molecule has 7 heteroatoms. The second kappa shape index (κ2) is 9.49. The topological polar surface area (TPSA) is 86.5 Å². The summed E-state index contributed by atoms with van der Waals surface area (Å²) in [5.74, 6) is 0.721. The van der Waals surface area contributed by atoms with Gasteiger partial charge in [0.25, 0.3) is 0 Å². The van der Waals surface area contributed by atoms with Crippen LogP contribution in [0.4, 0.5) is 11.5 Å². The summed E-state index contributed by atoms with van der Waals surface area (Å²) in [6.45, 7) is 3.13. The second-order valence-electron chi connectivity index (χ2n) is 6.90. The van der Waals surface area contributed by atoms with Crippen LogP contribution in [0, 0.1) is 0 Å². The number of carbonyl (C=O) groups is 1. The number of hydrogen-bond donors (Lipinski definition) is 2. The van der Waals surface area contributed by atoms with Gasteiger partial charge in [0.1, 0.15) is 18.2 Å². The maximum Gasteiger partial charge on any atom is 0.341 e. The fourth-order valence-corrected chi connectivity index (χ4v) is 4.31. The van der Waals surface area contributed by atoms with Gasteiger partial charge in [-0.25, -0.2) is 9.78 Å². The number of esters is 1. The number of nitrogen functional groups attached to an aromatic ring is 1. The highest BCUT2D eigenvalue weighted by Crippen LogP contribution is 2.33. The monoisotopic (exact) mass is 433 g/mol. The number of hydrogen-bond acceptors (Lipinski definition) is 7. The Morgan fingerprint density at radius 2 is 2.00 bits per heavy atom. The quantitative estimate of drug-likeness (QED) is 0.369. The molecular weight excluding hydrogens is 410 g/mol. The maximum absolute atomic E-state index is 12.2. The average molecular weight is 434 g/mol. The summed E-state index contributed by atoms with van der Waals surface area (Å²) < 4.78 is 11.9. The van der Waals surface area contributed by atoms with Gasteiger partial charge in [-0.1, -0.05) is 36.4 Å². The van der Waals surface area contributed by atoms with Crippen LogP contribution in [-0.2, 0) is 17.9 Å². The number of rotatable bonds is 8. The molecule has 0 saturated heterocycles. The molecule has 0 bridgehead atoms. The summed E-state index contributed by atoms with van der Waals surface area (Å²) in [6.07, 6.45) is 1.47. The van der Waals surface area contributed by atoms with Crippen molar-refractivity contribution in [3.63, 3.8) is 0 Å². The van der Waals surface area contributed by atoms with Gasteiger partial charge >= 0.3 is 5.97 Å². The summed E-state index contributed by atoms with van der Waals surface area (Å²) in [4.78, 5) is 16.4. The molecule has 0 aliphatic rings. The first kappa shape index (κ1) is 20.7. The Morgan fingerprint density at radius 3 is 2.81 bits per heavy atom. The van der Waals surface area contributed by atoms with Crippen LogP contribution in [0.2, 0.25) is 0 Å².